The lowest BCUT2D eigenvalue weighted by molar-refractivity contribution is 0.190. The fourth-order valence-electron chi connectivity index (χ4n) is 2.76. The molecule has 1 aliphatic carbocycles. The summed E-state index contributed by atoms with van der Waals surface area (Å²) in [5.74, 6) is 0. The normalized spacial score (nSPS) is 17.7. The van der Waals surface area contributed by atoms with Crippen LogP contribution in [0.4, 0.5) is 4.79 Å². The van der Waals surface area contributed by atoms with Crippen molar-refractivity contribution in [3.63, 3.8) is 0 Å². The van der Waals surface area contributed by atoms with Gasteiger partial charge in [0.15, 0.2) is 0 Å². The summed E-state index contributed by atoms with van der Waals surface area (Å²) in [5, 5.41) is 20.8. The lowest BCUT2D eigenvalue weighted by Crippen LogP contribution is -2.25. The van der Waals surface area contributed by atoms with Gasteiger partial charge in [-0.1, -0.05) is 32.9 Å². The molecule has 2 rings (SSSR count). The number of nitriles is 1. The molecule has 0 fully saturated rings. The van der Waals surface area contributed by atoms with E-state index in [1.54, 1.807) is 0 Å². The SMILES string of the molecule is CC(C)(C)c1ccc2c(c1C#N)CCC2NC(=O)O. The first-order valence-electron chi connectivity index (χ1n) is 6.40. The van der Waals surface area contributed by atoms with E-state index in [1.807, 2.05) is 12.1 Å². The van der Waals surface area contributed by atoms with E-state index < -0.39 is 6.09 Å². The molecule has 1 atom stereocenters. The van der Waals surface area contributed by atoms with Gasteiger partial charge in [-0.25, -0.2) is 4.79 Å². The Morgan fingerprint density at radius 3 is 2.68 bits per heavy atom. The van der Waals surface area contributed by atoms with Gasteiger partial charge in [-0.3, -0.25) is 0 Å². The first-order valence-corrected chi connectivity index (χ1v) is 6.40. The van der Waals surface area contributed by atoms with Crippen molar-refractivity contribution in [2.24, 2.45) is 0 Å². The van der Waals surface area contributed by atoms with E-state index in [4.69, 9.17) is 5.11 Å². The summed E-state index contributed by atoms with van der Waals surface area (Å²) in [7, 11) is 0. The van der Waals surface area contributed by atoms with Crippen LogP contribution >= 0.6 is 0 Å². The molecule has 0 heterocycles. The zero-order chi connectivity index (χ0) is 14.2. The van der Waals surface area contributed by atoms with E-state index in [0.717, 1.165) is 35.1 Å². The van der Waals surface area contributed by atoms with E-state index in [-0.39, 0.29) is 11.5 Å². The summed E-state index contributed by atoms with van der Waals surface area (Å²) in [6, 6.07) is 6.03. The number of nitrogens with one attached hydrogen (secondary N) is 1. The number of rotatable bonds is 1. The second-order valence-corrected chi connectivity index (χ2v) is 5.96. The number of benzene rings is 1. The van der Waals surface area contributed by atoms with Gasteiger partial charge in [0, 0.05) is 0 Å². The molecule has 1 aromatic rings. The maximum atomic E-state index is 10.8. The molecule has 1 aliphatic rings. The Hall–Kier alpha value is -2.02. The Balaban J connectivity index is 2.50. The predicted molar refractivity (Wildman–Crippen MR) is 72.1 cm³/mol. The zero-order valence-electron chi connectivity index (χ0n) is 11.4. The van der Waals surface area contributed by atoms with Crippen LogP contribution in [0.15, 0.2) is 12.1 Å². The minimum atomic E-state index is -1.02. The quantitative estimate of drug-likeness (QED) is 0.812. The molecule has 0 bridgehead atoms. The Bertz CT molecular complexity index is 565. The first kappa shape index (κ1) is 13.4. The first-order chi connectivity index (χ1) is 8.84. The summed E-state index contributed by atoms with van der Waals surface area (Å²) in [6.07, 6.45) is 0.466. The molecule has 100 valence electrons. The van der Waals surface area contributed by atoms with Gasteiger partial charge < -0.3 is 10.4 Å². The third-order valence-corrected chi connectivity index (χ3v) is 3.63. The van der Waals surface area contributed by atoms with E-state index in [2.05, 4.69) is 32.2 Å². The molecular weight excluding hydrogens is 240 g/mol. The molecule has 1 amide bonds. The highest BCUT2D eigenvalue weighted by molar-refractivity contribution is 5.66. The minimum absolute atomic E-state index is 0.0849. The van der Waals surface area contributed by atoms with Crippen LogP contribution in [0, 0.1) is 11.3 Å². The second kappa shape index (κ2) is 4.58. The van der Waals surface area contributed by atoms with E-state index >= 15 is 0 Å². The monoisotopic (exact) mass is 258 g/mol. The maximum absolute atomic E-state index is 10.8. The molecule has 0 spiro atoms. The van der Waals surface area contributed by atoms with Crippen molar-refractivity contribution in [3.8, 4) is 6.07 Å². The number of fused-ring (bicyclic) bond motifs is 1. The van der Waals surface area contributed by atoms with Gasteiger partial charge in [0.25, 0.3) is 0 Å². The highest BCUT2D eigenvalue weighted by Crippen LogP contribution is 2.37. The molecule has 0 saturated carbocycles. The van der Waals surface area contributed by atoms with Crippen molar-refractivity contribution in [1.82, 2.24) is 5.32 Å². The van der Waals surface area contributed by atoms with Crippen LogP contribution in [-0.4, -0.2) is 11.2 Å². The summed E-state index contributed by atoms with van der Waals surface area (Å²) in [5.41, 5.74) is 3.63. The average molecular weight is 258 g/mol. The molecule has 0 saturated heterocycles. The highest BCUT2D eigenvalue weighted by Gasteiger charge is 2.29. The van der Waals surface area contributed by atoms with Crippen LogP contribution < -0.4 is 5.32 Å². The third-order valence-electron chi connectivity index (χ3n) is 3.63. The number of hydrogen-bond acceptors (Lipinski definition) is 2. The third kappa shape index (κ3) is 2.41. The molecule has 19 heavy (non-hydrogen) atoms. The fraction of sp³-hybridized carbons (Fsp3) is 0.467. The van der Waals surface area contributed by atoms with Crippen molar-refractivity contribution in [3.05, 3.63) is 34.4 Å². The summed E-state index contributed by atoms with van der Waals surface area (Å²) in [6.45, 7) is 6.24. The number of carbonyl (C=O) groups is 1. The molecular formula is C15H18N2O2. The number of carboxylic acid groups (broad SMARTS) is 1. The van der Waals surface area contributed by atoms with Gasteiger partial charge in [0.05, 0.1) is 17.7 Å². The Morgan fingerprint density at radius 1 is 1.47 bits per heavy atom. The molecule has 0 radical (unpaired) electrons. The van der Waals surface area contributed by atoms with Crippen molar-refractivity contribution in [1.29, 1.82) is 5.26 Å². The summed E-state index contributed by atoms with van der Waals surface area (Å²) >= 11 is 0. The second-order valence-electron chi connectivity index (χ2n) is 5.96. The van der Waals surface area contributed by atoms with Gasteiger partial charge in [-0.15, -0.1) is 0 Å². The molecule has 1 aromatic carbocycles. The number of amides is 1. The zero-order valence-corrected chi connectivity index (χ0v) is 11.4. The standard InChI is InChI=1S/C15H18N2O2/c1-15(2,3)12-6-4-10-9(11(12)8-16)5-7-13(10)17-14(18)19/h4,6,13,17H,5,7H2,1-3H3,(H,18,19). The molecule has 2 N–H and O–H groups in total. The van der Waals surface area contributed by atoms with Crippen molar-refractivity contribution < 1.29 is 9.90 Å². The van der Waals surface area contributed by atoms with Gasteiger partial charge in [0.2, 0.25) is 0 Å². The van der Waals surface area contributed by atoms with Crippen LogP contribution in [0.1, 0.15) is 55.5 Å². The topological polar surface area (TPSA) is 73.1 Å². The van der Waals surface area contributed by atoms with Crippen LogP contribution in [0.3, 0.4) is 0 Å². The lowest BCUT2D eigenvalue weighted by atomic mass is 9.81. The predicted octanol–water partition coefficient (Wildman–Crippen LogP) is 3.11. The van der Waals surface area contributed by atoms with Gasteiger partial charge >= 0.3 is 6.09 Å². The van der Waals surface area contributed by atoms with E-state index in [9.17, 15) is 10.1 Å². The van der Waals surface area contributed by atoms with Gasteiger partial charge in [-0.05, 0) is 34.9 Å². The fourth-order valence-corrected chi connectivity index (χ4v) is 2.76. The average Bonchev–Trinajstić information content (AvgIpc) is 2.69. The van der Waals surface area contributed by atoms with Crippen LogP contribution in [0.25, 0.3) is 0 Å². The van der Waals surface area contributed by atoms with Crippen LogP contribution in [0.5, 0.6) is 0 Å². The van der Waals surface area contributed by atoms with Crippen molar-refractivity contribution >= 4 is 6.09 Å². The maximum Gasteiger partial charge on any atom is 0.405 e. The van der Waals surface area contributed by atoms with Gasteiger partial charge in [-0.2, -0.15) is 5.26 Å². The Kier molecular flexibility index (Phi) is 3.23. The highest BCUT2D eigenvalue weighted by atomic mass is 16.4. The lowest BCUT2D eigenvalue weighted by Gasteiger charge is -2.22. The van der Waals surface area contributed by atoms with Crippen LogP contribution in [-0.2, 0) is 11.8 Å². The number of nitrogens with zero attached hydrogens (tertiary/aromatic N) is 1. The molecule has 0 aliphatic heterocycles. The molecule has 1 unspecified atom stereocenters. The molecule has 4 nitrogen and oxygen atoms in total. The van der Waals surface area contributed by atoms with E-state index in [1.165, 1.54) is 0 Å². The number of hydrogen-bond donors (Lipinski definition) is 2. The van der Waals surface area contributed by atoms with E-state index in [0.29, 0.717) is 0 Å². The Morgan fingerprint density at radius 2 is 2.16 bits per heavy atom. The van der Waals surface area contributed by atoms with Crippen LogP contribution in [0.2, 0.25) is 0 Å². The molecule has 4 heteroatoms. The minimum Gasteiger partial charge on any atom is -0.465 e. The summed E-state index contributed by atoms with van der Waals surface area (Å²) in [4.78, 5) is 10.8. The van der Waals surface area contributed by atoms with Crippen molar-refractivity contribution in [2.75, 3.05) is 0 Å². The Labute approximate surface area is 113 Å². The largest absolute Gasteiger partial charge is 0.465 e. The van der Waals surface area contributed by atoms with Gasteiger partial charge in [0.1, 0.15) is 0 Å². The van der Waals surface area contributed by atoms with Crippen molar-refractivity contribution in [2.45, 2.75) is 45.1 Å². The summed E-state index contributed by atoms with van der Waals surface area (Å²) < 4.78 is 0. The molecule has 0 aromatic heterocycles. The smallest absolute Gasteiger partial charge is 0.405 e.